The molecule has 2 heterocycles. The van der Waals surface area contributed by atoms with Crippen LogP contribution in [-0.4, -0.2) is 46.3 Å². The lowest BCUT2D eigenvalue weighted by Gasteiger charge is -2.38. The molecular formula is C21H19ClFN3O3. The predicted octanol–water partition coefficient (Wildman–Crippen LogP) is 3.21. The average Bonchev–Trinajstić information content (AvgIpc) is 2.93. The molecule has 1 unspecified atom stereocenters. The van der Waals surface area contributed by atoms with Crippen molar-refractivity contribution in [1.82, 2.24) is 15.1 Å². The number of amides is 4. The van der Waals surface area contributed by atoms with Crippen LogP contribution in [0.3, 0.4) is 0 Å². The van der Waals surface area contributed by atoms with Crippen molar-refractivity contribution in [3.05, 3.63) is 70.5 Å². The van der Waals surface area contributed by atoms with Crippen LogP contribution in [0.4, 0.5) is 9.18 Å². The van der Waals surface area contributed by atoms with Gasteiger partial charge in [-0.25, -0.2) is 9.18 Å². The third-order valence-electron chi connectivity index (χ3n) is 5.35. The first-order chi connectivity index (χ1) is 13.9. The highest BCUT2D eigenvalue weighted by atomic mass is 35.5. The van der Waals surface area contributed by atoms with Gasteiger partial charge in [-0.1, -0.05) is 29.8 Å². The fourth-order valence-electron chi connectivity index (χ4n) is 3.90. The molecule has 8 heteroatoms. The van der Waals surface area contributed by atoms with Gasteiger partial charge >= 0.3 is 6.03 Å². The number of hydrogen-bond acceptors (Lipinski definition) is 3. The number of nitrogens with zero attached hydrogens (tertiary/aromatic N) is 2. The minimum atomic E-state index is -1.15. The van der Waals surface area contributed by atoms with E-state index in [1.165, 1.54) is 34.1 Å². The van der Waals surface area contributed by atoms with Crippen LogP contribution >= 0.6 is 11.6 Å². The Kier molecular flexibility index (Phi) is 5.00. The number of nitrogens with one attached hydrogen (secondary N) is 1. The highest BCUT2D eigenvalue weighted by molar-refractivity contribution is 6.30. The molecule has 6 nitrogen and oxygen atoms in total. The number of carbonyl (C=O) groups excluding carboxylic acids is 3. The number of rotatable bonds is 3. The maximum atomic E-state index is 13.5. The summed E-state index contributed by atoms with van der Waals surface area (Å²) in [6, 6.07) is 11.9. The van der Waals surface area contributed by atoms with Crippen LogP contribution in [0.1, 0.15) is 28.8 Å². The number of likely N-dealkylation sites (tertiary alicyclic amines) is 1. The second-order valence-electron chi connectivity index (χ2n) is 7.37. The Morgan fingerprint density at radius 3 is 2.66 bits per heavy atom. The zero-order valence-corrected chi connectivity index (χ0v) is 16.3. The van der Waals surface area contributed by atoms with Crippen LogP contribution in [0.25, 0.3) is 0 Å². The molecule has 0 aromatic heterocycles. The van der Waals surface area contributed by atoms with Crippen molar-refractivity contribution in [1.29, 1.82) is 0 Å². The second-order valence-corrected chi connectivity index (χ2v) is 7.81. The van der Waals surface area contributed by atoms with Crippen molar-refractivity contribution in [2.75, 3.05) is 13.1 Å². The summed E-state index contributed by atoms with van der Waals surface area (Å²) >= 11 is 5.89. The summed E-state index contributed by atoms with van der Waals surface area (Å²) in [6.07, 6.45) is 1.00. The Labute approximate surface area is 172 Å². The maximum absolute atomic E-state index is 13.5. The first-order valence-electron chi connectivity index (χ1n) is 9.31. The molecular weight excluding hydrogens is 397 g/mol. The number of carbonyl (C=O) groups is 3. The SMILES string of the molecule is O=C(c1cccc(F)c1)N1CCCC2(C1)NC(=O)N(Cc1ccc(Cl)cc1)C2=O. The van der Waals surface area contributed by atoms with Gasteiger partial charge in [0.05, 0.1) is 13.1 Å². The number of benzene rings is 2. The van der Waals surface area contributed by atoms with Crippen molar-refractivity contribution in [2.24, 2.45) is 0 Å². The number of urea groups is 1. The Morgan fingerprint density at radius 2 is 1.93 bits per heavy atom. The van der Waals surface area contributed by atoms with Gasteiger partial charge in [-0.15, -0.1) is 0 Å². The summed E-state index contributed by atoms with van der Waals surface area (Å²) in [5.74, 6) is -1.21. The molecule has 2 aliphatic rings. The molecule has 2 aromatic carbocycles. The van der Waals surface area contributed by atoms with Crippen LogP contribution in [0, 0.1) is 5.82 Å². The lowest BCUT2D eigenvalue weighted by Crippen LogP contribution is -2.59. The van der Waals surface area contributed by atoms with E-state index in [0.29, 0.717) is 24.4 Å². The van der Waals surface area contributed by atoms with Crippen molar-refractivity contribution in [3.8, 4) is 0 Å². The molecule has 0 aliphatic carbocycles. The summed E-state index contributed by atoms with van der Waals surface area (Å²) in [4.78, 5) is 41.1. The quantitative estimate of drug-likeness (QED) is 0.782. The summed E-state index contributed by atoms with van der Waals surface area (Å²) in [7, 11) is 0. The molecule has 4 rings (SSSR count). The van der Waals surface area contributed by atoms with Crippen molar-refractivity contribution in [3.63, 3.8) is 0 Å². The summed E-state index contributed by atoms with van der Waals surface area (Å²) in [5, 5.41) is 3.36. The van der Waals surface area contributed by atoms with E-state index < -0.39 is 17.4 Å². The van der Waals surface area contributed by atoms with Gasteiger partial charge in [0, 0.05) is 17.1 Å². The van der Waals surface area contributed by atoms with Gasteiger partial charge in [0.25, 0.3) is 11.8 Å². The van der Waals surface area contributed by atoms with Crippen LogP contribution in [-0.2, 0) is 11.3 Å². The van der Waals surface area contributed by atoms with Crippen LogP contribution in [0.15, 0.2) is 48.5 Å². The van der Waals surface area contributed by atoms with E-state index in [1.807, 2.05) is 0 Å². The smallest absolute Gasteiger partial charge is 0.325 e. The number of halogens is 2. The summed E-state index contributed by atoms with van der Waals surface area (Å²) < 4.78 is 13.5. The monoisotopic (exact) mass is 415 g/mol. The molecule has 2 aromatic rings. The zero-order valence-electron chi connectivity index (χ0n) is 15.5. The van der Waals surface area contributed by atoms with E-state index in [9.17, 15) is 18.8 Å². The number of hydrogen-bond donors (Lipinski definition) is 1. The van der Waals surface area contributed by atoms with Crippen LogP contribution in [0.5, 0.6) is 0 Å². The molecule has 2 fully saturated rings. The van der Waals surface area contributed by atoms with E-state index >= 15 is 0 Å². The Balaban J connectivity index is 1.53. The molecule has 4 amide bonds. The van der Waals surface area contributed by atoms with Gasteiger partial charge in [0.2, 0.25) is 0 Å². The molecule has 1 N–H and O–H groups in total. The second kappa shape index (κ2) is 7.48. The fraction of sp³-hybridized carbons (Fsp3) is 0.286. The zero-order chi connectivity index (χ0) is 20.6. The third kappa shape index (κ3) is 3.70. The Bertz CT molecular complexity index is 981. The minimum Gasteiger partial charge on any atom is -0.336 e. The van der Waals surface area contributed by atoms with Crippen LogP contribution < -0.4 is 5.32 Å². The highest BCUT2D eigenvalue weighted by Gasteiger charge is 2.53. The third-order valence-corrected chi connectivity index (χ3v) is 5.60. The van der Waals surface area contributed by atoms with E-state index in [4.69, 9.17) is 11.6 Å². The van der Waals surface area contributed by atoms with E-state index in [2.05, 4.69) is 5.32 Å². The van der Waals surface area contributed by atoms with Gasteiger partial charge in [-0.05, 0) is 48.7 Å². The topological polar surface area (TPSA) is 69.7 Å². The van der Waals surface area contributed by atoms with Crippen LogP contribution in [0.2, 0.25) is 5.02 Å². The average molecular weight is 416 g/mol. The molecule has 2 saturated heterocycles. The van der Waals surface area contributed by atoms with Gasteiger partial charge in [0.1, 0.15) is 11.4 Å². The summed E-state index contributed by atoms with van der Waals surface area (Å²) in [5.41, 5.74) is -0.152. The normalized spacial score (nSPS) is 21.6. The maximum Gasteiger partial charge on any atom is 0.325 e. The Morgan fingerprint density at radius 1 is 1.17 bits per heavy atom. The number of piperidine rings is 1. The standard InChI is InChI=1S/C21H19ClFN3O3/c22-16-7-5-14(6-8-16)12-26-19(28)21(24-20(26)29)9-2-10-25(13-21)18(27)15-3-1-4-17(23)11-15/h1,3-8,11H,2,9-10,12-13H2,(H,24,29). The van der Waals surface area contributed by atoms with E-state index in [-0.39, 0.29) is 30.5 Å². The fourth-order valence-corrected chi connectivity index (χ4v) is 4.03. The molecule has 2 aliphatic heterocycles. The molecule has 150 valence electrons. The van der Waals surface area contributed by atoms with Gasteiger partial charge in [0.15, 0.2) is 0 Å². The highest BCUT2D eigenvalue weighted by Crippen LogP contribution is 2.30. The molecule has 0 bridgehead atoms. The van der Waals surface area contributed by atoms with Crippen molar-refractivity contribution >= 4 is 29.4 Å². The first kappa shape index (κ1) is 19.4. The van der Waals surface area contributed by atoms with E-state index in [0.717, 1.165) is 5.56 Å². The predicted molar refractivity (Wildman–Crippen MR) is 105 cm³/mol. The lowest BCUT2D eigenvalue weighted by atomic mass is 9.88. The largest absolute Gasteiger partial charge is 0.336 e. The van der Waals surface area contributed by atoms with Gasteiger partial charge in [-0.3, -0.25) is 14.5 Å². The van der Waals surface area contributed by atoms with Crippen molar-refractivity contribution < 1.29 is 18.8 Å². The first-order valence-corrected chi connectivity index (χ1v) is 9.69. The molecule has 29 heavy (non-hydrogen) atoms. The molecule has 1 atom stereocenters. The van der Waals surface area contributed by atoms with Gasteiger partial charge in [-0.2, -0.15) is 0 Å². The minimum absolute atomic E-state index is 0.0596. The Hall–Kier alpha value is -2.93. The molecule has 0 radical (unpaired) electrons. The molecule has 0 saturated carbocycles. The summed E-state index contributed by atoms with van der Waals surface area (Å²) in [6.45, 7) is 0.628. The van der Waals surface area contributed by atoms with Crippen molar-refractivity contribution in [2.45, 2.75) is 24.9 Å². The lowest BCUT2D eigenvalue weighted by molar-refractivity contribution is -0.133. The number of imide groups is 1. The van der Waals surface area contributed by atoms with Gasteiger partial charge < -0.3 is 10.2 Å². The molecule has 1 spiro atoms. The van der Waals surface area contributed by atoms with E-state index in [1.54, 1.807) is 24.3 Å².